The predicted molar refractivity (Wildman–Crippen MR) is 131 cm³/mol. The number of anilines is 2. The van der Waals surface area contributed by atoms with Crippen LogP contribution in [-0.2, 0) is 11.2 Å². The molecule has 33 heavy (non-hydrogen) atoms. The van der Waals surface area contributed by atoms with Crippen molar-refractivity contribution in [2.75, 3.05) is 33.2 Å². The number of carbonyl (C=O) groups excluding carboxylic acids is 1. The number of pyridine rings is 1. The van der Waals surface area contributed by atoms with Gasteiger partial charge in [0, 0.05) is 36.0 Å². The summed E-state index contributed by atoms with van der Waals surface area (Å²) in [7, 11) is 4.79. The lowest BCUT2D eigenvalue weighted by atomic mass is 10.0. The number of alkyl carbamates (subject to hydrolysis) is 1. The summed E-state index contributed by atoms with van der Waals surface area (Å²) in [5.74, 6) is 1.27. The van der Waals surface area contributed by atoms with Gasteiger partial charge < -0.3 is 24.8 Å². The van der Waals surface area contributed by atoms with Crippen LogP contribution in [0.5, 0.6) is 11.5 Å². The summed E-state index contributed by atoms with van der Waals surface area (Å²) in [4.78, 5) is 16.2. The van der Waals surface area contributed by atoms with Gasteiger partial charge in [0.05, 0.1) is 37.5 Å². The lowest BCUT2D eigenvalue weighted by Gasteiger charge is -2.16. The van der Waals surface area contributed by atoms with Crippen LogP contribution in [0.1, 0.15) is 11.1 Å². The maximum absolute atomic E-state index is 11.3. The van der Waals surface area contributed by atoms with Crippen molar-refractivity contribution in [1.82, 2.24) is 10.3 Å². The highest BCUT2D eigenvalue weighted by atomic mass is 16.5. The zero-order valence-corrected chi connectivity index (χ0v) is 19.2. The fourth-order valence-electron chi connectivity index (χ4n) is 3.80. The summed E-state index contributed by atoms with van der Waals surface area (Å²) in [6.07, 6.45) is 0.184. The Kier molecular flexibility index (Phi) is 6.49. The number of benzene rings is 3. The molecule has 0 atom stereocenters. The molecule has 1 heterocycles. The van der Waals surface area contributed by atoms with Crippen molar-refractivity contribution >= 4 is 39.3 Å². The lowest BCUT2D eigenvalue weighted by molar-refractivity contribution is 0.150. The Labute approximate surface area is 192 Å². The van der Waals surface area contributed by atoms with E-state index in [-0.39, 0.29) is 0 Å². The second-order valence-corrected chi connectivity index (χ2v) is 7.69. The van der Waals surface area contributed by atoms with Crippen LogP contribution >= 0.6 is 0 Å². The largest absolute Gasteiger partial charge is 0.493 e. The Morgan fingerprint density at radius 3 is 2.45 bits per heavy atom. The Bertz CT molecular complexity index is 1320. The molecule has 0 fully saturated rings. The third-order valence-corrected chi connectivity index (χ3v) is 5.46. The summed E-state index contributed by atoms with van der Waals surface area (Å²) in [6.45, 7) is 2.36. The van der Waals surface area contributed by atoms with Crippen molar-refractivity contribution < 1.29 is 19.0 Å². The van der Waals surface area contributed by atoms with E-state index < -0.39 is 6.09 Å². The van der Waals surface area contributed by atoms with Crippen molar-refractivity contribution in [3.8, 4) is 11.5 Å². The number of hydrogen-bond donors (Lipinski definition) is 2. The van der Waals surface area contributed by atoms with E-state index in [4.69, 9.17) is 19.2 Å². The fraction of sp³-hybridized carbons (Fsp3) is 0.231. The van der Waals surface area contributed by atoms with Crippen LogP contribution in [0.2, 0.25) is 0 Å². The smallest absolute Gasteiger partial charge is 0.406 e. The molecule has 0 saturated heterocycles. The quantitative estimate of drug-likeness (QED) is 0.373. The molecule has 7 heteroatoms. The normalized spacial score (nSPS) is 10.8. The standard InChI is InChI=1S/C26H27N3O4/c1-16-8-9-19-21(12-16)29-22-15-24(32-4)23(31-3)14-20(22)25(19)28-18-7-5-6-17(13-18)10-11-33-26(30)27-2/h5-9,12-15H,10-11H2,1-4H3,(H,27,30)(H,28,29). The van der Waals surface area contributed by atoms with Gasteiger partial charge >= 0.3 is 6.09 Å². The number of fused-ring (bicyclic) bond motifs is 2. The Morgan fingerprint density at radius 2 is 1.70 bits per heavy atom. The Morgan fingerprint density at radius 1 is 0.939 bits per heavy atom. The number of aromatic nitrogens is 1. The third kappa shape index (κ3) is 4.77. The highest BCUT2D eigenvalue weighted by Gasteiger charge is 2.14. The molecule has 7 nitrogen and oxygen atoms in total. The first kappa shape index (κ1) is 22.2. The van der Waals surface area contributed by atoms with Crippen LogP contribution in [0.3, 0.4) is 0 Å². The van der Waals surface area contributed by atoms with Crippen LogP contribution in [0.4, 0.5) is 16.2 Å². The van der Waals surface area contributed by atoms with Crippen molar-refractivity contribution in [3.63, 3.8) is 0 Å². The van der Waals surface area contributed by atoms with Crippen LogP contribution in [0, 0.1) is 6.92 Å². The van der Waals surface area contributed by atoms with E-state index in [0.717, 1.165) is 44.3 Å². The molecular weight excluding hydrogens is 418 g/mol. The molecule has 1 amide bonds. The highest BCUT2D eigenvalue weighted by Crippen LogP contribution is 2.39. The molecule has 1 aromatic heterocycles. The number of amides is 1. The molecular formula is C26H27N3O4. The minimum Gasteiger partial charge on any atom is -0.493 e. The van der Waals surface area contributed by atoms with Gasteiger partial charge in [0.2, 0.25) is 0 Å². The van der Waals surface area contributed by atoms with Crippen LogP contribution in [-0.4, -0.2) is 39.0 Å². The number of aryl methyl sites for hydroxylation is 1. The van der Waals surface area contributed by atoms with Gasteiger partial charge in [-0.15, -0.1) is 0 Å². The molecule has 0 spiro atoms. The summed E-state index contributed by atoms with van der Waals surface area (Å²) in [5, 5.41) is 7.98. The molecule has 4 aromatic rings. The number of hydrogen-bond acceptors (Lipinski definition) is 6. The van der Waals surface area contributed by atoms with Gasteiger partial charge in [0.1, 0.15) is 0 Å². The van der Waals surface area contributed by atoms with Crippen LogP contribution in [0.25, 0.3) is 21.8 Å². The summed E-state index contributed by atoms with van der Waals surface area (Å²) < 4.78 is 16.2. The molecule has 0 aliphatic heterocycles. The van der Waals surface area contributed by atoms with Gasteiger partial charge in [0.15, 0.2) is 11.5 Å². The van der Waals surface area contributed by atoms with Crippen molar-refractivity contribution in [2.45, 2.75) is 13.3 Å². The van der Waals surface area contributed by atoms with Gasteiger partial charge in [-0.1, -0.05) is 24.3 Å². The van der Waals surface area contributed by atoms with Gasteiger partial charge in [0.25, 0.3) is 0 Å². The minimum absolute atomic E-state index is 0.306. The van der Waals surface area contributed by atoms with Crippen molar-refractivity contribution in [3.05, 3.63) is 65.7 Å². The summed E-state index contributed by atoms with van der Waals surface area (Å²) in [5.41, 5.74) is 5.77. The SMILES string of the molecule is CNC(=O)OCCc1cccc(Nc2c3ccc(C)cc3nc3cc(OC)c(OC)cc23)c1. The predicted octanol–water partition coefficient (Wildman–Crippen LogP) is 5.36. The topological polar surface area (TPSA) is 81.7 Å². The van der Waals surface area contributed by atoms with Crippen LogP contribution in [0.15, 0.2) is 54.6 Å². The van der Waals surface area contributed by atoms with E-state index in [2.05, 4.69) is 41.8 Å². The average molecular weight is 446 g/mol. The van der Waals surface area contributed by atoms with Crippen molar-refractivity contribution in [1.29, 1.82) is 0 Å². The number of ether oxygens (including phenoxy) is 3. The van der Waals surface area contributed by atoms with Gasteiger partial charge in [-0.3, -0.25) is 0 Å². The first-order valence-corrected chi connectivity index (χ1v) is 10.7. The maximum Gasteiger partial charge on any atom is 0.406 e. The number of nitrogens with zero attached hydrogens (tertiary/aromatic N) is 1. The number of methoxy groups -OCH3 is 2. The molecule has 3 aromatic carbocycles. The first-order valence-electron chi connectivity index (χ1n) is 10.7. The molecule has 2 N–H and O–H groups in total. The molecule has 0 saturated carbocycles. The maximum atomic E-state index is 11.3. The Balaban J connectivity index is 1.77. The average Bonchev–Trinajstić information content (AvgIpc) is 2.83. The Hall–Kier alpha value is -4.00. The zero-order valence-electron chi connectivity index (χ0n) is 19.2. The van der Waals surface area contributed by atoms with Gasteiger partial charge in [-0.05, 0) is 42.3 Å². The monoisotopic (exact) mass is 445 g/mol. The zero-order chi connectivity index (χ0) is 23.4. The van der Waals surface area contributed by atoms with Crippen LogP contribution < -0.4 is 20.1 Å². The molecule has 0 aliphatic rings. The molecule has 170 valence electrons. The van der Waals surface area contributed by atoms with E-state index in [1.54, 1.807) is 21.3 Å². The second-order valence-electron chi connectivity index (χ2n) is 7.69. The fourth-order valence-corrected chi connectivity index (χ4v) is 3.80. The molecule has 0 unspecified atom stereocenters. The van der Waals surface area contributed by atoms with E-state index in [1.165, 1.54) is 0 Å². The second kappa shape index (κ2) is 9.65. The van der Waals surface area contributed by atoms with E-state index in [0.29, 0.717) is 24.5 Å². The first-order chi connectivity index (χ1) is 16.0. The van der Waals surface area contributed by atoms with E-state index in [9.17, 15) is 4.79 Å². The molecule has 4 rings (SSSR count). The number of nitrogens with one attached hydrogen (secondary N) is 2. The molecule has 0 bridgehead atoms. The third-order valence-electron chi connectivity index (χ3n) is 5.46. The van der Waals surface area contributed by atoms with Gasteiger partial charge in [-0.25, -0.2) is 9.78 Å². The number of rotatable bonds is 7. The summed E-state index contributed by atoms with van der Waals surface area (Å²) in [6, 6.07) is 18.1. The van der Waals surface area contributed by atoms with Gasteiger partial charge in [-0.2, -0.15) is 0 Å². The van der Waals surface area contributed by atoms with Crippen molar-refractivity contribution in [2.24, 2.45) is 0 Å². The molecule has 0 aliphatic carbocycles. The number of carbonyl (C=O) groups is 1. The lowest BCUT2D eigenvalue weighted by Crippen LogP contribution is -2.20. The van der Waals surface area contributed by atoms with E-state index in [1.807, 2.05) is 30.3 Å². The highest BCUT2D eigenvalue weighted by molar-refractivity contribution is 6.09. The molecule has 0 radical (unpaired) electrons. The summed E-state index contributed by atoms with van der Waals surface area (Å²) >= 11 is 0. The van der Waals surface area contributed by atoms with E-state index >= 15 is 0 Å². The minimum atomic E-state index is -0.432.